The van der Waals surface area contributed by atoms with Crippen LogP contribution in [0.2, 0.25) is 0 Å². The highest BCUT2D eigenvalue weighted by molar-refractivity contribution is 6.40. The second kappa shape index (κ2) is 11.6. The van der Waals surface area contributed by atoms with Crippen molar-refractivity contribution in [2.45, 2.75) is 0 Å². The molecule has 0 heterocycles. The van der Waals surface area contributed by atoms with Gasteiger partial charge in [-0.25, -0.2) is 5.43 Å². The Kier molecular flexibility index (Phi) is 8.08. The third-order valence-corrected chi connectivity index (χ3v) is 4.26. The molecule has 0 unspecified atom stereocenters. The van der Waals surface area contributed by atoms with Gasteiger partial charge in [0.1, 0.15) is 12.4 Å². The Balaban J connectivity index is 1.60. The first-order chi connectivity index (χ1) is 16.1. The van der Waals surface area contributed by atoms with Gasteiger partial charge in [0.15, 0.2) is 0 Å². The summed E-state index contributed by atoms with van der Waals surface area (Å²) in [7, 11) is 0. The largest absolute Gasteiger partial charge is 0.490 e. The minimum absolute atomic E-state index is 0.196. The summed E-state index contributed by atoms with van der Waals surface area (Å²) in [5, 5.41) is 8.98. The van der Waals surface area contributed by atoms with Crippen molar-refractivity contribution in [3.8, 4) is 5.75 Å². The van der Waals surface area contributed by atoms with Crippen LogP contribution in [0.1, 0.15) is 15.9 Å². The fourth-order valence-electron chi connectivity index (χ4n) is 2.75. The molecule has 8 heteroatoms. The number of carbonyl (C=O) groups excluding carboxylic acids is 3. The predicted molar refractivity (Wildman–Crippen MR) is 127 cm³/mol. The standard InChI is InChI=1S/C25H22N4O4/c1-2-15-33-20-12-8-9-18(16-20)17-26-29-25(32)24(31)28-22-14-7-6-13-21(22)23(30)27-19-10-4-3-5-11-19/h2-14,16-17H,1,15H2,(H,27,30)(H,28,31)(H,29,32)/b26-17+. The lowest BCUT2D eigenvalue weighted by atomic mass is 10.1. The topological polar surface area (TPSA) is 109 Å². The van der Waals surface area contributed by atoms with E-state index in [-0.39, 0.29) is 11.3 Å². The number of amides is 3. The molecule has 0 saturated heterocycles. The molecule has 33 heavy (non-hydrogen) atoms. The summed E-state index contributed by atoms with van der Waals surface area (Å²) >= 11 is 0. The van der Waals surface area contributed by atoms with Gasteiger partial charge in [-0.2, -0.15) is 5.10 Å². The van der Waals surface area contributed by atoms with Gasteiger partial charge in [-0.3, -0.25) is 14.4 Å². The number of anilines is 2. The maximum Gasteiger partial charge on any atom is 0.329 e. The quantitative estimate of drug-likeness (QED) is 0.214. The average Bonchev–Trinajstić information content (AvgIpc) is 2.84. The highest BCUT2D eigenvalue weighted by atomic mass is 16.5. The first-order valence-corrected chi connectivity index (χ1v) is 10.0. The van der Waals surface area contributed by atoms with Gasteiger partial charge in [0.05, 0.1) is 17.5 Å². The van der Waals surface area contributed by atoms with Gasteiger partial charge in [-0.05, 0) is 42.0 Å². The summed E-state index contributed by atoms with van der Waals surface area (Å²) in [4.78, 5) is 37.1. The summed E-state index contributed by atoms with van der Waals surface area (Å²) < 4.78 is 5.43. The van der Waals surface area contributed by atoms with E-state index in [9.17, 15) is 14.4 Å². The van der Waals surface area contributed by atoms with Crippen LogP contribution in [0, 0.1) is 0 Å². The summed E-state index contributed by atoms with van der Waals surface area (Å²) in [5.41, 5.74) is 3.84. The van der Waals surface area contributed by atoms with Crippen molar-refractivity contribution < 1.29 is 19.1 Å². The Morgan fingerprint density at radius 2 is 1.64 bits per heavy atom. The van der Waals surface area contributed by atoms with Crippen molar-refractivity contribution in [2.75, 3.05) is 17.2 Å². The van der Waals surface area contributed by atoms with Crippen LogP contribution in [0.15, 0.2) is 96.6 Å². The molecule has 166 valence electrons. The molecule has 3 amide bonds. The lowest BCUT2D eigenvalue weighted by molar-refractivity contribution is -0.136. The van der Waals surface area contributed by atoms with Crippen LogP contribution in [0.3, 0.4) is 0 Å². The molecule has 8 nitrogen and oxygen atoms in total. The van der Waals surface area contributed by atoms with E-state index in [0.717, 1.165) is 0 Å². The second-order valence-corrected chi connectivity index (χ2v) is 6.69. The van der Waals surface area contributed by atoms with Gasteiger partial charge in [-0.1, -0.05) is 55.1 Å². The normalized spacial score (nSPS) is 10.3. The molecular weight excluding hydrogens is 420 g/mol. The summed E-state index contributed by atoms with van der Waals surface area (Å²) in [6, 6.07) is 22.3. The number of benzene rings is 3. The Bertz CT molecular complexity index is 1180. The van der Waals surface area contributed by atoms with Crippen LogP contribution in [0.25, 0.3) is 0 Å². The minimum Gasteiger partial charge on any atom is -0.490 e. The number of carbonyl (C=O) groups is 3. The van der Waals surface area contributed by atoms with Crippen LogP contribution >= 0.6 is 0 Å². The van der Waals surface area contributed by atoms with Gasteiger partial charge < -0.3 is 15.4 Å². The van der Waals surface area contributed by atoms with Crippen molar-refractivity contribution in [2.24, 2.45) is 5.10 Å². The second-order valence-electron chi connectivity index (χ2n) is 6.69. The number of hydrogen-bond donors (Lipinski definition) is 3. The molecule has 3 aromatic rings. The zero-order valence-corrected chi connectivity index (χ0v) is 17.7. The molecular formula is C25H22N4O4. The number of hydrazone groups is 1. The Morgan fingerprint density at radius 1 is 0.879 bits per heavy atom. The lowest BCUT2D eigenvalue weighted by Gasteiger charge is -2.11. The maximum absolute atomic E-state index is 12.6. The van der Waals surface area contributed by atoms with E-state index in [0.29, 0.717) is 23.6 Å². The van der Waals surface area contributed by atoms with E-state index in [1.54, 1.807) is 72.8 Å². The lowest BCUT2D eigenvalue weighted by Crippen LogP contribution is -2.33. The maximum atomic E-state index is 12.6. The zero-order valence-electron chi connectivity index (χ0n) is 17.7. The van der Waals surface area contributed by atoms with Gasteiger partial charge in [-0.15, -0.1) is 0 Å². The molecule has 0 aliphatic rings. The van der Waals surface area contributed by atoms with Gasteiger partial charge >= 0.3 is 11.8 Å². The molecule has 0 saturated carbocycles. The van der Waals surface area contributed by atoms with Gasteiger partial charge in [0.25, 0.3) is 5.91 Å². The Hall–Kier alpha value is -4.72. The molecule has 0 aliphatic carbocycles. The monoisotopic (exact) mass is 442 g/mol. The van der Waals surface area contributed by atoms with E-state index < -0.39 is 17.7 Å². The number of nitrogens with one attached hydrogen (secondary N) is 3. The Morgan fingerprint density at radius 3 is 2.42 bits per heavy atom. The first-order valence-electron chi connectivity index (χ1n) is 10.0. The molecule has 3 N–H and O–H groups in total. The van der Waals surface area contributed by atoms with E-state index in [4.69, 9.17) is 4.74 Å². The fourth-order valence-corrected chi connectivity index (χ4v) is 2.75. The smallest absolute Gasteiger partial charge is 0.329 e. The number of para-hydroxylation sites is 2. The Labute approximate surface area is 191 Å². The zero-order chi connectivity index (χ0) is 23.5. The number of rotatable bonds is 8. The highest BCUT2D eigenvalue weighted by Gasteiger charge is 2.17. The van der Waals surface area contributed by atoms with E-state index >= 15 is 0 Å². The molecule has 3 aromatic carbocycles. The van der Waals surface area contributed by atoms with Crippen LogP contribution in [0.5, 0.6) is 5.75 Å². The van der Waals surface area contributed by atoms with Crippen molar-refractivity contribution in [3.63, 3.8) is 0 Å². The number of ether oxygens (including phenoxy) is 1. The van der Waals surface area contributed by atoms with Crippen LogP contribution in [-0.2, 0) is 9.59 Å². The summed E-state index contributed by atoms with van der Waals surface area (Å²) in [5.74, 6) is -1.75. The molecule has 0 radical (unpaired) electrons. The highest BCUT2D eigenvalue weighted by Crippen LogP contribution is 2.17. The van der Waals surface area contributed by atoms with Crippen molar-refractivity contribution >= 4 is 35.3 Å². The number of nitrogens with zero attached hydrogens (tertiary/aromatic N) is 1. The molecule has 0 atom stereocenters. The predicted octanol–water partition coefficient (Wildman–Crippen LogP) is 3.59. The molecule has 0 bridgehead atoms. The molecule has 0 aliphatic heterocycles. The molecule has 0 aromatic heterocycles. The minimum atomic E-state index is -0.983. The molecule has 0 fully saturated rings. The SMILES string of the molecule is C=CCOc1cccc(/C=N/NC(=O)C(=O)Nc2ccccc2C(=O)Nc2ccccc2)c1. The van der Waals surface area contributed by atoms with Crippen molar-refractivity contribution in [1.82, 2.24) is 5.43 Å². The van der Waals surface area contributed by atoms with Crippen molar-refractivity contribution in [3.05, 3.63) is 103 Å². The number of hydrogen-bond acceptors (Lipinski definition) is 5. The van der Waals surface area contributed by atoms with E-state index in [1.807, 2.05) is 6.07 Å². The van der Waals surface area contributed by atoms with E-state index in [1.165, 1.54) is 12.3 Å². The van der Waals surface area contributed by atoms with Gasteiger partial charge in [0.2, 0.25) is 0 Å². The van der Waals surface area contributed by atoms with Crippen LogP contribution in [-0.4, -0.2) is 30.5 Å². The van der Waals surface area contributed by atoms with E-state index in [2.05, 4.69) is 27.7 Å². The average molecular weight is 442 g/mol. The molecule has 0 spiro atoms. The molecule has 3 rings (SSSR count). The first kappa shape index (κ1) is 23.0. The summed E-state index contributed by atoms with van der Waals surface area (Å²) in [6.07, 6.45) is 3.01. The van der Waals surface area contributed by atoms with Gasteiger partial charge in [0, 0.05) is 5.69 Å². The van der Waals surface area contributed by atoms with Crippen LogP contribution in [0.4, 0.5) is 11.4 Å². The van der Waals surface area contributed by atoms with Crippen LogP contribution < -0.4 is 20.8 Å². The van der Waals surface area contributed by atoms with Crippen molar-refractivity contribution in [1.29, 1.82) is 0 Å². The third kappa shape index (κ3) is 6.90. The summed E-state index contributed by atoms with van der Waals surface area (Å²) in [6.45, 7) is 3.95. The fraction of sp³-hybridized carbons (Fsp3) is 0.0400. The third-order valence-electron chi connectivity index (χ3n) is 4.26.